The maximum atomic E-state index is 13.3. The predicted molar refractivity (Wildman–Crippen MR) is 121 cm³/mol. The summed E-state index contributed by atoms with van der Waals surface area (Å²) in [6, 6.07) is 15.3. The Morgan fingerprint density at radius 2 is 1.71 bits per heavy atom. The van der Waals surface area contributed by atoms with E-state index in [-0.39, 0.29) is 11.7 Å². The number of likely N-dealkylation sites (tertiary alicyclic amines) is 1. The Labute approximate surface area is 182 Å². The quantitative estimate of drug-likeness (QED) is 0.477. The zero-order valence-electron chi connectivity index (χ0n) is 17.5. The number of rotatable bonds is 6. The van der Waals surface area contributed by atoms with Crippen LogP contribution < -0.4 is 10.5 Å². The Morgan fingerprint density at radius 3 is 2.52 bits per heavy atom. The first-order chi connectivity index (χ1) is 15.2. The van der Waals surface area contributed by atoms with Gasteiger partial charge in [0.25, 0.3) is 0 Å². The molecule has 1 fully saturated rings. The monoisotopic (exact) mass is 414 g/mol. The van der Waals surface area contributed by atoms with Gasteiger partial charge in [-0.3, -0.25) is 4.79 Å². The number of fused-ring (bicyclic) bond motifs is 3. The summed E-state index contributed by atoms with van der Waals surface area (Å²) in [5.74, 6) is 0.791. The number of hydrogen-bond donors (Lipinski definition) is 1. The fourth-order valence-corrected chi connectivity index (χ4v) is 4.50. The maximum Gasteiger partial charge on any atom is 0.221 e. The van der Waals surface area contributed by atoms with E-state index in [0.29, 0.717) is 34.9 Å². The Kier molecular flexibility index (Phi) is 5.38. The van der Waals surface area contributed by atoms with Gasteiger partial charge in [0.15, 0.2) is 5.78 Å². The van der Waals surface area contributed by atoms with E-state index in [1.807, 2.05) is 48.5 Å². The van der Waals surface area contributed by atoms with Gasteiger partial charge in [-0.05, 0) is 50.6 Å². The number of nitrogen functional groups attached to an aromatic ring is 1. The van der Waals surface area contributed by atoms with Crippen molar-refractivity contribution in [2.75, 3.05) is 32.0 Å². The van der Waals surface area contributed by atoms with Gasteiger partial charge >= 0.3 is 0 Å². The average molecular weight is 415 g/mol. The van der Waals surface area contributed by atoms with E-state index in [1.165, 1.54) is 32.4 Å². The van der Waals surface area contributed by atoms with Gasteiger partial charge in [0.05, 0.1) is 23.6 Å². The molecule has 2 aliphatic rings. The minimum atomic E-state index is -0.0809. The average Bonchev–Trinajstić information content (AvgIpc) is 3.09. The van der Waals surface area contributed by atoms with Crippen molar-refractivity contribution in [1.82, 2.24) is 14.9 Å². The lowest BCUT2D eigenvalue weighted by molar-refractivity contribution is 0.104. The lowest BCUT2D eigenvalue weighted by atomic mass is 10.0. The van der Waals surface area contributed by atoms with Gasteiger partial charge in [0, 0.05) is 23.2 Å². The number of ketones is 1. The van der Waals surface area contributed by atoms with Crippen molar-refractivity contribution in [3.05, 3.63) is 59.7 Å². The second kappa shape index (κ2) is 8.47. The normalized spacial score (nSPS) is 15.5. The molecule has 0 saturated carbocycles. The fraction of sp³-hybridized carbons (Fsp3) is 0.320. The molecule has 3 aromatic rings. The van der Waals surface area contributed by atoms with Gasteiger partial charge in [-0.15, -0.1) is 0 Å². The minimum absolute atomic E-state index is 0.0809. The number of carbonyl (C=O) groups is 1. The smallest absolute Gasteiger partial charge is 0.221 e. The van der Waals surface area contributed by atoms with Crippen LogP contribution in [0.15, 0.2) is 48.5 Å². The van der Waals surface area contributed by atoms with Gasteiger partial charge in [0.2, 0.25) is 5.95 Å². The fourth-order valence-electron chi connectivity index (χ4n) is 4.50. The van der Waals surface area contributed by atoms with Crippen LogP contribution in [0.25, 0.3) is 22.5 Å². The lowest BCUT2D eigenvalue weighted by Crippen LogP contribution is -2.31. The Hall–Kier alpha value is -3.25. The highest BCUT2D eigenvalue weighted by molar-refractivity contribution is 6.23. The SMILES string of the molecule is Nc1nc(-c2ccccc2)c2c(n1)-c1ccc(OCCCN3CCCCC3)cc1C2=O. The third-order valence-electron chi connectivity index (χ3n) is 6.03. The molecule has 0 atom stereocenters. The number of piperidine rings is 1. The number of hydrogen-bond acceptors (Lipinski definition) is 6. The first-order valence-corrected chi connectivity index (χ1v) is 11.0. The van der Waals surface area contributed by atoms with E-state index in [1.54, 1.807) is 0 Å². The highest BCUT2D eigenvalue weighted by Gasteiger charge is 2.33. The topological polar surface area (TPSA) is 81.3 Å². The van der Waals surface area contributed by atoms with Crippen molar-refractivity contribution in [1.29, 1.82) is 0 Å². The van der Waals surface area contributed by atoms with Crippen molar-refractivity contribution in [3.63, 3.8) is 0 Å². The predicted octanol–water partition coefficient (Wildman–Crippen LogP) is 4.19. The summed E-state index contributed by atoms with van der Waals surface area (Å²) in [6.07, 6.45) is 4.92. The van der Waals surface area contributed by atoms with Crippen molar-refractivity contribution in [2.45, 2.75) is 25.7 Å². The van der Waals surface area contributed by atoms with Crippen LogP contribution in [0.5, 0.6) is 5.75 Å². The lowest BCUT2D eigenvalue weighted by Gasteiger charge is -2.26. The molecule has 0 radical (unpaired) electrons. The Morgan fingerprint density at radius 1 is 0.935 bits per heavy atom. The van der Waals surface area contributed by atoms with E-state index in [0.717, 1.165) is 24.1 Å². The standard InChI is InChI=1S/C25H26N4O2/c26-25-27-22(17-8-3-1-4-9-17)21-23(28-25)19-11-10-18(16-20(19)24(21)30)31-15-7-14-29-12-5-2-6-13-29/h1,3-4,8-11,16H,2,5-7,12-15H2,(H2,26,27,28). The van der Waals surface area contributed by atoms with Gasteiger partial charge in [-0.2, -0.15) is 0 Å². The van der Waals surface area contributed by atoms with E-state index in [4.69, 9.17) is 10.5 Å². The molecule has 2 N–H and O–H groups in total. The second-order valence-corrected chi connectivity index (χ2v) is 8.16. The molecule has 158 valence electrons. The molecule has 0 bridgehead atoms. The number of benzene rings is 2. The summed E-state index contributed by atoms with van der Waals surface area (Å²) in [5.41, 5.74) is 9.90. The van der Waals surface area contributed by atoms with Crippen molar-refractivity contribution >= 4 is 11.7 Å². The second-order valence-electron chi connectivity index (χ2n) is 8.16. The first kappa shape index (κ1) is 19.7. The van der Waals surface area contributed by atoms with Crippen LogP contribution in [0, 0.1) is 0 Å². The number of anilines is 1. The first-order valence-electron chi connectivity index (χ1n) is 11.0. The zero-order valence-corrected chi connectivity index (χ0v) is 17.5. The van der Waals surface area contributed by atoms with Crippen molar-refractivity contribution < 1.29 is 9.53 Å². The molecule has 6 nitrogen and oxygen atoms in total. The van der Waals surface area contributed by atoms with E-state index in [2.05, 4.69) is 14.9 Å². The summed E-state index contributed by atoms with van der Waals surface area (Å²) in [6.45, 7) is 4.09. The largest absolute Gasteiger partial charge is 0.494 e. The van der Waals surface area contributed by atoms with Crippen LogP contribution in [0.1, 0.15) is 41.6 Å². The molecule has 0 spiro atoms. The van der Waals surface area contributed by atoms with Gasteiger partial charge < -0.3 is 15.4 Å². The summed E-state index contributed by atoms with van der Waals surface area (Å²) in [5, 5.41) is 0. The third kappa shape index (κ3) is 3.91. The molecule has 0 amide bonds. The molecule has 1 saturated heterocycles. The molecule has 2 heterocycles. The summed E-state index contributed by atoms with van der Waals surface area (Å²) in [7, 11) is 0. The molecular weight excluding hydrogens is 388 g/mol. The van der Waals surface area contributed by atoms with Crippen LogP contribution in [-0.4, -0.2) is 46.9 Å². The molecule has 0 unspecified atom stereocenters. The molecule has 2 aromatic carbocycles. The van der Waals surface area contributed by atoms with Crippen LogP contribution in [0.3, 0.4) is 0 Å². The Bertz CT molecular complexity index is 1110. The highest BCUT2D eigenvalue weighted by Crippen LogP contribution is 2.41. The summed E-state index contributed by atoms with van der Waals surface area (Å²) >= 11 is 0. The number of carbonyl (C=O) groups excluding carboxylic acids is 1. The van der Waals surface area contributed by atoms with Gasteiger partial charge in [-0.25, -0.2) is 9.97 Å². The van der Waals surface area contributed by atoms with E-state index in [9.17, 15) is 4.79 Å². The molecule has 1 aliphatic carbocycles. The third-order valence-corrected chi connectivity index (χ3v) is 6.03. The van der Waals surface area contributed by atoms with Gasteiger partial charge in [-0.1, -0.05) is 36.8 Å². The number of nitrogens with zero attached hydrogens (tertiary/aromatic N) is 3. The molecule has 6 heteroatoms. The number of nitrogens with two attached hydrogens (primary N) is 1. The molecule has 31 heavy (non-hydrogen) atoms. The van der Waals surface area contributed by atoms with Crippen molar-refractivity contribution in [3.8, 4) is 28.3 Å². The summed E-state index contributed by atoms with van der Waals surface area (Å²) in [4.78, 5) is 24.6. The van der Waals surface area contributed by atoms with E-state index >= 15 is 0 Å². The summed E-state index contributed by atoms with van der Waals surface area (Å²) < 4.78 is 5.97. The molecular formula is C25H26N4O2. The molecule has 1 aromatic heterocycles. The number of aromatic nitrogens is 2. The molecule has 1 aliphatic heterocycles. The zero-order chi connectivity index (χ0) is 21.2. The minimum Gasteiger partial charge on any atom is -0.494 e. The van der Waals surface area contributed by atoms with Crippen molar-refractivity contribution in [2.24, 2.45) is 0 Å². The van der Waals surface area contributed by atoms with Gasteiger partial charge in [0.1, 0.15) is 5.75 Å². The van der Waals surface area contributed by atoms with Crippen LogP contribution in [0.4, 0.5) is 5.95 Å². The van der Waals surface area contributed by atoms with Crippen LogP contribution >= 0.6 is 0 Å². The Balaban J connectivity index is 1.35. The van der Waals surface area contributed by atoms with Crippen LogP contribution in [0.2, 0.25) is 0 Å². The highest BCUT2D eigenvalue weighted by atomic mass is 16.5. The number of ether oxygens (including phenoxy) is 1. The van der Waals surface area contributed by atoms with Crippen LogP contribution in [-0.2, 0) is 0 Å². The molecule has 5 rings (SSSR count). The van der Waals surface area contributed by atoms with E-state index < -0.39 is 0 Å². The maximum absolute atomic E-state index is 13.3.